The van der Waals surface area contributed by atoms with Crippen LogP contribution in [0.1, 0.15) is 49.7 Å². The van der Waals surface area contributed by atoms with Gasteiger partial charge in [0.1, 0.15) is 0 Å². The average Bonchev–Trinajstić information content (AvgIpc) is 3.21. The van der Waals surface area contributed by atoms with Crippen LogP contribution in [0.4, 0.5) is 0 Å². The molecule has 0 saturated heterocycles. The van der Waals surface area contributed by atoms with Crippen LogP contribution in [0.3, 0.4) is 0 Å². The number of aliphatic hydroxyl groups is 1. The highest BCUT2D eigenvalue weighted by Gasteiger charge is 2.41. The smallest absolute Gasteiger partial charge is 0.0613 e. The molecule has 2 unspecified atom stereocenters. The third-order valence-corrected chi connectivity index (χ3v) is 5.59. The summed E-state index contributed by atoms with van der Waals surface area (Å²) in [5.41, 5.74) is 2.97. The first kappa shape index (κ1) is 13.7. The van der Waals surface area contributed by atoms with Crippen LogP contribution in [0.2, 0.25) is 0 Å². The van der Waals surface area contributed by atoms with Crippen molar-refractivity contribution in [2.75, 3.05) is 6.61 Å². The summed E-state index contributed by atoms with van der Waals surface area (Å²) in [5.74, 6) is 0. The predicted molar refractivity (Wildman–Crippen MR) is 83.9 cm³/mol. The summed E-state index contributed by atoms with van der Waals surface area (Å²) in [6, 6.07) is 10.1. The minimum Gasteiger partial charge on any atom is -0.394 e. The van der Waals surface area contributed by atoms with Crippen molar-refractivity contribution in [1.82, 2.24) is 10.2 Å². The molecule has 1 aliphatic heterocycles. The Labute approximate surface area is 127 Å². The summed E-state index contributed by atoms with van der Waals surface area (Å²) < 4.78 is 0. The van der Waals surface area contributed by atoms with Crippen LogP contribution in [0.5, 0.6) is 0 Å². The van der Waals surface area contributed by atoms with Crippen LogP contribution in [0, 0.1) is 0 Å². The zero-order chi connectivity index (χ0) is 14.3. The summed E-state index contributed by atoms with van der Waals surface area (Å²) in [6.07, 6.45) is 7.34. The Balaban J connectivity index is 1.46. The fourth-order valence-electron chi connectivity index (χ4n) is 4.24. The van der Waals surface area contributed by atoms with Crippen molar-refractivity contribution in [1.29, 1.82) is 0 Å². The minimum atomic E-state index is -0.0150. The first-order valence-electron chi connectivity index (χ1n) is 8.47. The highest BCUT2D eigenvalue weighted by atomic mass is 16.3. The van der Waals surface area contributed by atoms with Gasteiger partial charge in [0.25, 0.3) is 0 Å². The maximum absolute atomic E-state index is 9.97. The van der Waals surface area contributed by atoms with Crippen LogP contribution in [0.25, 0.3) is 0 Å². The molecule has 2 fully saturated rings. The van der Waals surface area contributed by atoms with Gasteiger partial charge in [-0.1, -0.05) is 24.3 Å². The Hall–Kier alpha value is -0.900. The first-order valence-corrected chi connectivity index (χ1v) is 8.47. The van der Waals surface area contributed by atoms with Crippen molar-refractivity contribution in [3.8, 4) is 0 Å². The van der Waals surface area contributed by atoms with Gasteiger partial charge in [0.2, 0.25) is 0 Å². The molecule has 3 heteroatoms. The Kier molecular flexibility index (Phi) is 3.52. The van der Waals surface area contributed by atoms with E-state index in [1.165, 1.54) is 36.8 Å². The van der Waals surface area contributed by atoms with Crippen molar-refractivity contribution in [2.24, 2.45) is 0 Å². The van der Waals surface area contributed by atoms with E-state index in [1.807, 2.05) is 0 Å². The fourth-order valence-corrected chi connectivity index (χ4v) is 4.24. The van der Waals surface area contributed by atoms with Crippen LogP contribution < -0.4 is 5.32 Å². The van der Waals surface area contributed by atoms with Gasteiger partial charge in [-0.25, -0.2) is 0 Å². The van der Waals surface area contributed by atoms with E-state index in [9.17, 15) is 5.11 Å². The Morgan fingerprint density at radius 1 is 1.14 bits per heavy atom. The third kappa shape index (κ3) is 2.75. The molecule has 1 aromatic rings. The summed E-state index contributed by atoms with van der Waals surface area (Å²) in [6.45, 7) is 2.47. The number of rotatable bonds is 4. The van der Waals surface area contributed by atoms with Gasteiger partial charge >= 0.3 is 0 Å². The monoisotopic (exact) mass is 286 g/mol. The van der Waals surface area contributed by atoms with E-state index in [-0.39, 0.29) is 5.54 Å². The number of aliphatic hydroxyl groups excluding tert-OH is 1. The van der Waals surface area contributed by atoms with Gasteiger partial charge < -0.3 is 10.4 Å². The molecular formula is C18H26N2O. The summed E-state index contributed by atoms with van der Waals surface area (Å²) in [7, 11) is 0. The minimum absolute atomic E-state index is 0.0150. The Bertz CT molecular complexity index is 489. The Morgan fingerprint density at radius 2 is 1.86 bits per heavy atom. The van der Waals surface area contributed by atoms with Gasteiger partial charge in [-0.05, 0) is 49.7 Å². The molecule has 3 nitrogen and oxygen atoms in total. The molecule has 21 heavy (non-hydrogen) atoms. The number of fused-ring (bicyclic) bond motifs is 1. The van der Waals surface area contributed by atoms with Gasteiger partial charge in [0, 0.05) is 30.7 Å². The molecule has 2 aliphatic carbocycles. The lowest BCUT2D eigenvalue weighted by Gasteiger charge is -2.43. The van der Waals surface area contributed by atoms with Crippen LogP contribution in [0.15, 0.2) is 24.3 Å². The molecule has 1 heterocycles. The van der Waals surface area contributed by atoms with Crippen molar-refractivity contribution in [2.45, 2.75) is 69.2 Å². The van der Waals surface area contributed by atoms with Crippen LogP contribution >= 0.6 is 0 Å². The molecule has 0 bridgehead atoms. The van der Waals surface area contributed by atoms with Crippen molar-refractivity contribution >= 4 is 0 Å². The lowest BCUT2D eigenvalue weighted by molar-refractivity contribution is 0.0564. The van der Waals surface area contributed by atoms with E-state index in [0.717, 1.165) is 25.9 Å². The van der Waals surface area contributed by atoms with E-state index >= 15 is 0 Å². The quantitative estimate of drug-likeness (QED) is 0.892. The van der Waals surface area contributed by atoms with Gasteiger partial charge in [0.15, 0.2) is 0 Å². The van der Waals surface area contributed by atoms with Gasteiger partial charge in [0.05, 0.1) is 6.61 Å². The lowest BCUT2D eigenvalue weighted by atomic mass is 9.78. The summed E-state index contributed by atoms with van der Waals surface area (Å²) in [5, 5.41) is 13.7. The van der Waals surface area contributed by atoms with Crippen LogP contribution in [-0.2, 0) is 13.1 Å². The zero-order valence-electron chi connectivity index (χ0n) is 12.7. The molecule has 0 aromatic heterocycles. The molecular weight excluding hydrogens is 260 g/mol. The second kappa shape index (κ2) is 5.38. The molecule has 114 valence electrons. The van der Waals surface area contributed by atoms with E-state index in [2.05, 4.69) is 34.5 Å². The predicted octanol–water partition coefficient (Wildman–Crippen LogP) is 2.43. The highest BCUT2D eigenvalue weighted by Crippen LogP contribution is 2.37. The molecule has 1 aromatic carbocycles. The third-order valence-electron chi connectivity index (χ3n) is 5.59. The zero-order valence-corrected chi connectivity index (χ0v) is 12.7. The number of hydrogen-bond acceptors (Lipinski definition) is 3. The largest absolute Gasteiger partial charge is 0.394 e. The fraction of sp³-hybridized carbons (Fsp3) is 0.667. The average molecular weight is 286 g/mol. The van der Waals surface area contributed by atoms with Gasteiger partial charge in [-0.2, -0.15) is 0 Å². The second-order valence-corrected chi connectivity index (χ2v) is 7.28. The van der Waals surface area contributed by atoms with Crippen molar-refractivity contribution < 1.29 is 5.11 Å². The second-order valence-electron chi connectivity index (χ2n) is 7.28. The maximum atomic E-state index is 9.97. The maximum Gasteiger partial charge on any atom is 0.0613 e. The topological polar surface area (TPSA) is 35.5 Å². The SMILES string of the molecule is OCC1(NC2CC2)CCCC(N2Cc3ccccc3C2)C1. The number of hydrogen-bond donors (Lipinski definition) is 2. The van der Waals surface area contributed by atoms with Crippen molar-refractivity contribution in [3.05, 3.63) is 35.4 Å². The van der Waals surface area contributed by atoms with Gasteiger partial charge in [-0.3, -0.25) is 4.90 Å². The summed E-state index contributed by atoms with van der Waals surface area (Å²) in [4.78, 5) is 2.63. The lowest BCUT2D eigenvalue weighted by Crippen LogP contribution is -2.56. The number of nitrogens with zero attached hydrogens (tertiary/aromatic N) is 1. The van der Waals surface area contributed by atoms with E-state index in [1.54, 1.807) is 0 Å². The molecule has 3 aliphatic rings. The Morgan fingerprint density at radius 3 is 2.48 bits per heavy atom. The van der Waals surface area contributed by atoms with E-state index < -0.39 is 0 Å². The molecule has 0 radical (unpaired) electrons. The summed E-state index contributed by atoms with van der Waals surface area (Å²) >= 11 is 0. The molecule has 0 amide bonds. The normalized spacial score (nSPS) is 33.1. The number of benzene rings is 1. The number of nitrogens with one attached hydrogen (secondary N) is 1. The van der Waals surface area contributed by atoms with Crippen molar-refractivity contribution in [3.63, 3.8) is 0 Å². The molecule has 2 saturated carbocycles. The standard InChI is InChI=1S/C18H26N2O/c21-13-18(19-16-7-8-16)9-3-6-17(10-18)20-11-14-4-1-2-5-15(14)12-20/h1-2,4-5,16-17,19,21H,3,6-13H2. The van der Waals surface area contributed by atoms with E-state index in [0.29, 0.717) is 18.7 Å². The molecule has 2 atom stereocenters. The molecule has 2 N–H and O–H groups in total. The first-order chi connectivity index (χ1) is 10.3. The van der Waals surface area contributed by atoms with E-state index in [4.69, 9.17) is 0 Å². The highest BCUT2D eigenvalue weighted by molar-refractivity contribution is 5.30. The molecule has 0 spiro atoms. The molecule has 4 rings (SSSR count). The van der Waals surface area contributed by atoms with Crippen LogP contribution in [-0.4, -0.2) is 34.2 Å². The van der Waals surface area contributed by atoms with Gasteiger partial charge in [-0.15, -0.1) is 0 Å².